The number of hydrogen-bond donors (Lipinski definition) is 0. The predicted octanol–water partition coefficient (Wildman–Crippen LogP) is 2.80. The molecule has 0 N–H and O–H groups in total. The molecule has 1 unspecified atom stereocenters. The van der Waals surface area contributed by atoms with Gasteiger partial charge < -0.3 is 4.74 Å². The lowest BCUT2D eigenvalue weighted by Gasteiger charge is -2.33. The van der Waals surface area contributed by atoms with Crippen LogP contribution < -0.4 is 4.90 Å². The summed E-state index contributed by atoms with van der Waals surface area (Å²) in [5.41, 5.74) is 2.89. The Morgan fingerprint density at radius 2 is 2.33 bits per heavy atom. The number of benzene rings is 1. The molecule has 4 nitrogen and oxygen atoms in total. The van der Waals surface area contributed by atoms with Gasteiger partial charge >= 0.3 is 6.09 Å². The average Bonchev–Trinajstić information content (AvgIpc) is 2.38. The fourth-order valence-corrected chi connectivity index (χ4v) is 2.30. The van der Waals surface area contributed by atoms with Crippen molar-refractivity contribution in [3.63, 3.8) is 0 Å². The number of cyclic esters (lactones) is 1. The third kappa shape index (κ3) is 2.04. The predicted molar refractivity (Wildman–Crippen MR) is 68.4 cm³/mol. The van der Waals surface area contributed by atoms with Crippen LogP contribution >= 0.6 is 0 Å². The van der Waals surface area contributed by atoms with E-state index in [-0.39, 0.29) is 0 Å². The molecule has 0 aromatic heterocycles. The molecule has 1 saturated heterocycles. The Morgan fingerprint density at radius 3 is 3.00 bits per heavy atom. The maximum absolute atomic E-state index is 11.9. The normalized spacial score (nSPS) is 19.3. The molecular weight excluding hydrogens is 228 g/mol. The quantitative estimate of drug-likeness (QED) is 0.803. The zero-order valence-corrected chi connectivity index (χ0v) is 10.6. The van der Waals surface area contributed by atoms with E-state index in [0.717, 1.165) is 23.2 Å². The number of carbonyl (C=O) groups excluding carboxylic acids is 1. The number of para-hydroxylation sites is 1. The van der Waals surface area contributed by atoms with E-state index in [2.05, 4.69) is 6.07 Å². The van der Waals surface area contributed by atoms with Gasteiger partial charge in [-0.1, -0.05) is 25.1 Å². The number of anilines is 1. The van der Waals surface area contributed by atoms with Gasteiger partial charge in [0, 0.05) is 6.42 Å². The summed E-state index contributed by atoms with van der Waals surface area (Å²) in [6.45, 7) is 4.31. The van der Waals surface area contributed by atoms with Crippen molar-refractivity contribution in [1.29, 1.82) is 5.26 Å². The van der Waals surface area contributed by atoms with Crippen molar-refractivity contribution in [3.8, 4) is 6.07 Å². The van der Waals surface area contributed by atoms with Crippen LogP contribution in [0, 0.1) is 18.3 Å². The van der Waals surface area contributed by atoms with Gasteiger partial charge in [0.15, 0.2) is 0 Å². The van der Waals surface area contributed by atoms with Crippen LogP contribution in [0.2, 0.25) is 0 Å². The Morgan fingerprint density at radius 1 is 1.56 bits per heavy atom. The lowest BCUT2D eigenvalue weighted by atomic mass is 10.0. The van der Waals surface area contributed by atoms with Crippen LogP contribution in [0.15, 0.2) is 18.2 Å². The van der Waals surface area contributed by atoms with Crippen molar-refractivity contribution in [2.24, 2.45) is 0 Å². The first-order valence-corrected chi connectivity index (χ1v) is 6.13. The van der Waals surface area contributed by atoms with Crippen LogP contribution in [0.4, 0.5) is 10.5 Å². The molecule has 0 saturated carbocycles. The highest BCUT2D eigenvalue weighted by Crippen LogP contribution is 2.30. The largest absolute Gasteiger partial charge is 0.449 e. The van der Waals surface area contributed by atoms with Gasteiger partial charge in [0.1, 0.15) is 6.04 Å². The second-order valence-corrected chi connectivity index (χ2v) is 4.35. The van der Waals surface area contributed by atoms with E-state index < -0.39 is 12.1 Å². The van der Waals surface area contributed by atoms with Crippen molar-refractivity contribution < 1.29 is 9.53 Å². The standard InChI is InChI=1S/C14H16N2O2/c1-3-11-6-4-5-10(2)13(11)16-12(9-15)7-8-18-14(16)17/h4-6,12H,3,7-8H2,1-2H3. The average molecular weight is 244 g/mol. The van der Waals surface area contributed by atoms with E-state index in [1.54, 1.807) is 0 Å². The van der Waals surface area contributed by atoms with Crippen molar-refractivity contribution in [3.05, 3.63) is 29.3 Å². The van der Waals surface area contributed by atoms with E-state index in [0.29, 0.717) is 13.0 Å². The van der Waals surface area contributed by atoms with E-state index in [1.165, 1.54) is 4.90 Å². The van der Waals surface area contributed by atoms with Crippen LogP contribution in [0.3, 0.4) is 0 Å². The molecule has 4 heteroatoms. The second kappa shape index (κ2) is 5.09. The van der Waals surface area contributed by atoms with Gasteiger partial charge in [-0.25, -0.2) is 4.79 Å². The molecule has 18 heavy (non-hydrogen) atoms. The van der Waals surface area contributed by atoms with Crippen molar-refractivity contribution in [2.75, 3.05) is 11.5 Å². The molecule has 1 aliphatic heterocycles. The summed E-state index contributed by atoms with van der Waals surface area (Å²) in [6.07, 6.45) is 0.954. The molecule has 1 aromatic rings. The highest BCUT2D eigenvalue weighted by molar-refractivity contribution is 5.91. The topological polar surface area (TPSA) is 53.3 Å². The number of carbonyl (C=O) groups is 1. The summed E-state index contributed by atoms with van der Waals surface area (Å²) in [5.74, 6) is 0. The van der Waals surface area contributed by atoms with Crippen molar-refractivity contribution in [2.45, 2.75) is 32.7 Å². The minimum Gasteiger partial charge on any atom is -0.449 e. The number of nitriles is 1. The first-order valence-electron chi connectivity index (χ1n) is 6.13. The molecule has 1 atom stereocenters. The van der Waals surface area contributed by atoms with E-state index in [4.69, 9.17) is 4.74 Å². The molecule has 0 aliphatic carbocycles. The molecule has 0 radical (unpaired) electrons. The Bertz CT molecular complexity index is 505. The Balaban J connectivity index is 2.51. The van der Waals surface area contributed by atoms with Crippen LogP contribution in [0.5, 0.6) is 0 Å². The number of rotatable bonds is 2. The SMILES string of the molecule is CCc1cccc(C)c1N1C(=O)OCCC1C#N. The smallest absolute Gasteiger partial charge is 0.415 e. The van der Waals surface area contributed by atoms with Crippen LogP contribution in [0.25, 0.3) is 0 Å². The summed E-state index contributed by atoms with van der Waals surface area (Å²) in [4.78, 5) is 13.4. The maximum Gasteiger partial charge on any atom is 0.415 e. The highest BCUT2D eigenvalue weighted by atomic mass is 16.6. The molecule has 1 aromatic carbocycles. The number of amides is 1. The summed E-state index contributed by atoms with van der Waals surface area (Å²) in [5, 5.41) is 9.20. The highest BCUT2D eigenvalue weighted by Gasteiger charge is 2.32. The van der Waals surface area contributed by atoms with Gasteiger partial charge in [-0.05, 0) is 24.5 Å². The first kappa shape index (κ1) is 12.4. The summed E-state index contributed by atoms with van der Waals surface area (Å²) >= 11 is 0. The molecular formula is C14H16N2O2. The third-order valence-corrected chi connectivity index (χ3v) is 3.22. The summed E-state index contributed by atoms with van der Waals surface area (Å²) < 4.78 is 5.07. The summed E-state index contributed by atoms with van der Waals surface area (Å²) in [6, 6.07) is 7.65. The first-order chi connectivity index (χ1) is 8.69. The van der Waals surface area contributed by atoms with Crippen LogP contribution in [0.1, 0.15) is 24.5 Å². The maximum atomic E-state index is 11.9. The molecule has 1 fully saturated rings. The van der Waals surface area contributed by atoms with Crippen molar-refractivity contribution >= 4 is 11.8 Å². The zero-order chi connectivity index (χ0) is 13.1. The van der Waals surface area contributed by atoms with Crippen LogP contribution in [-0.2, 0) is 11.2 Å². The van der Waals surface area contributed by atoms with Crippen molar-refractivity contribution in [1.82, 2.24) is 0 Å². The van der Waals surface area contributed by atoms with E-state index >= 15 is 0 Å². The monoisotopic (exact) mass is 244 g/mol. The Kier molecular flexibility index (Phi) is 3.52. The van der Waals surface area contributed by atoms with Gasteiger partial charge in [0.2, 0.25) is 0 Å². The number of ether oxygens (including phenoxy) is 1. The van der Waals surface area contributed by atoms with Gasteiger partial charge in [-0.15, -0.1) is 0 Å². The van der Waals surface area contributed by atoms with Gasteiger partial charge in [-0.2, -0.15) is 5.26 Å². The molecule has 0 spiro atoms. The minimum absolute atomic E-state index is 0.320. The van der Waals surface area contributed by atoms with Gasteiger partial charge in [0.05, 0.1) is 18.4 Å². The van der Waals surface area contributed by atoms with Gasteiger partial charge in [0.25, 0.3) is 0 Å². The second-order valence-electron chi connectivity index (χ2n) is 4.35. The number of hydrogen-bond acceptors (Lipinski definition) is 3. The lowest BCUT2D eigenvalue weighted by Crippen LogP contribution is -2.46. The van der Waals surface area contributed by atoms with Crippen LogP contribution in [-0.4, -0.2) is 18.7 Å². The Labute approximate surface area is 107 Å². The fourth-order valence-electron chi connectivity index (χ4n) is 2.30. The molecule has 1 amide bonds. The molecule has 1 aliphatic rings. The molecule has 94 valence electrons. The van der Waals surface area contributed by atoms with E-state index in [1.807, 2.05) is 32.0 Å². The molecule has 2 rings (SSSR count). The van der Waals surface area contributed by atoms with E-state index in [9.17, 15) is 10.1 Å². The lowest BCUT2D eigenvalue weighted by molar-refractivity contribution is 0.134. The number of aryl methyl sites for hydroxylation is 2. The zero-order valence-electron chi connectivity index (χ0n) is 10.6. The minimum atomic E-state index is -0.433. The number of nitrogens with zero attached hydrogens (tertiary/aromatic N) is 2. The molecule has 0 bridgehead atoms. The Hall–Kier alpha value is -2.02. The summed E-state index contributed by atoms with van der Waals surface area (Å²) in [7, 11) is 0. The molecule has 1 heterocycles. The fraction of sp³-hybridized carbons (Fsp3) is 0.429. The van der Waals surface area contributed by atoms with Gasteiger partial charge in [-0.3, -0.25) is 4.90 Å². The third-order valence-electron chi connectivity index (χ3n) is 3.22.